The van der Waals surface area contributed by atoms with Crippen molar-refractivity contribution in [2.45, 2.75) is 36.8 Å². The quantitative estimate of drug-likeness (QED) is 0.857. The molecule has 0 aromatic heterocycles. The molecule has 3 atom stereocenters. The molecular weight excluding hydrogens is 286 g/mol. The van der Waals surface area contributed by atoms with E-state index in [1.807, 2.05) is 6.92 Å². The van der Waals surface area contributed by atoms with Crippen LogP contribution in [0.25, 0.3) is 0 Å². The summed E-state index contributed by atoms with van der Waals surface area (Å²) in [5, 5.41) is 4.88. The molecule has 2 nitrogen and oxygen atoms in total. The molecule has 0 aliphatic carbocycles. The third-order valence-corrected chi connectivity index (χ3v) is 7.04. The molecule has 0 spiro atoms. The molecule has 0 amide bonds. The van der Waals surface area contributed by atoms with E-state index in [4.69, 9.17) is 4.74 Å². The maximum absolute atomic E-state index is 5.82. The topological polar surface area (TPSA) is 21.3 Å². The molecule has 1 N–H and O–H groups in total. The zero-order chi connectivity index (χ0) is 14.4. The Morgan fingerprint density at radius 1 is 1.25 bits per heavy atom. The van der Waals surface area contributed by atoms with Crippen LogP contribution < -0.4 is 10.1 Å². The highest BCUT2D eigenvalue weighted by Gasteiger charge is 2.33. The van der Waals surface area contributed by atoms with E-state index in [2.05, 4.69) is 67.1 Å². The number of thioether (sulfide) groups is 2. The Labute approximate surface area is 131 Å². The maximum Gasteiger partial charge on any atom is 0.124 e. The smallest absolute Gasteiger partial charge is 0.124 e. The minimum atomic E-state index is 0.362. The second kappa shape index (κ2) is 8.20. The third-order valence-electron chi connectivity index (χ3n) is 3.69. The Hall–Kier alpha value is -0.320. The van der Waals surface area contributed by atoms with Gasteiger partial charge in [-0.3, -0.25) is 0 Å². The van der Waals surface area contributed by atoms with Crippen LogP contribution in [0.2, 0.25) is 0 Å². The number of rotatable bonds is 6. The van der Waals surface area contributed by atoms with Gasteiger partial charge in [0, 0.05) is 33.6 Å². The van der Waals surface area contributed by atoms with Crippen molar-refractivity contribution in [3.8, 4) is 5.75 Å². The van der Waals surface area contributed by atoms with Crippen LogP contribution >= 0.6 is 23.5 Å². The van der Waals surface area contributed by atoms with Crippen molar-refractivity contribution in [2.24, 2.45) is 0 Å². The first-order chi connectivity index (χ1) is 9.81. The molecule has 0 bridgehead atoms. The summed E-state index contributed by atoms with van der Waals surface area (Å²) in [6, 6.07) is 8.83. The van der Waals surface area contributed by atoms with E-state index in [9.17, 15) is 0 Å². The normalized spacial score (nSPS) is 24.4. The predicted molar refractivity (Wildman–Crippen MR) is 92.2 cm³/mol. The minimum Gasteiger partial charge on any atom is -0.494 e. The van der Waals surface area contributed by atoms with Crippen molar-refractivity contribution in [1.29, 1.82) is 0 Å². The third kappa shape index (κ3) is 3.66. The summed E-state index contributed by atoms with van der Waals surface area (Å²) in [5.74, 6) is 3.56. The molecule has 3 unspecified atom stereocenters. The lowest BCUT2D eigenvalue weighted by Crippen LogP contribution is -2.37. The molecule has 2 rings (SSSR count). The summed E-state index contributed by atoms with van der Waals surface area (Å²) in [7, 11) is 2.07. The molecule has 4 heteroatoms. The van der Waals surface area contributed by atoms with Crippen molar-refractivity contribution >= 4 is 23.5 Å². The van der Waals surface area contributed by atoms with E-state index in [0.29, 0.717) is 11.3 Å². The molecule has 0 saturated carbocycles. The van der Waals surface area contributed by atoms with Crippen molar-refractivity contribution < 1.29 is 4.74 Å². The molecule has 0 radical (unpaired) electrons. The molecule has 1 heterocycles. The lowest BCUT2D eigenvalue weighted by Gasteiger charge is -2.36. The summed E-state index contributed by atoms with van der Waals surface area (Å²) in [6.45, 7) is 5.07. The van der Waals surface area contributed by atoms with Gasteiger partial charge in [-0.15, -0.1) is 0 Å². The van der Waals surface area contributed by atoms with Gasteiger partial charge in [-0.05, 0) is 26.5 Å². The van der Waals surface area contributed by atoms with Gasteiger partial charge in [0.15, 0.2) is 0 Å². The van der Waals surface area contributed by atoms with E-state index in [1.54, 1.807) is 0 Å². The number of para-hydroxylation sites is 1. The monoisotopic (exact) mass is 311 g/mol. The van der Waals surface area contributed by atoms with Gasteiger partial charge < -0.3 is 10.1 Å². The van der Waals surface area contributed by atoms with Gasteiger partial charge in [0.05, 0.1) is 6.61 Å². The standard InChI is InChI=1S/C16H25NOS2/c1-4-14-16(20-11-10-19-14)15(17-3)12-8-6-7-9-13(12)18-5-2/h6-9,14-17H,4-5,10-11H2,1-3H3. The highest BCUT2D eigenvalue weighted by atomic mass is 32.2. The summed E-state index contributed by atoms with van der Waals surface area (Å²) in [6.07, 6.45) is 1.23. The molecule has 1 aromatic carbocycles. The van der Waals surface area contributed by atoms with Gasteiger partial charge in [0.2, 0.25) is 0 Å². The fourth-order valence-electron chi connectivity index (χ4n) is 2.77. The van der Waals surface area contributed by atoms with Gasteiger partial charge >= 0.3 is 0 Å². The summed E-state index contributed by atoms with van der Waals surface area (Å²) in [4.78, 5) is 0. The first-order valence-corrected chi connectivity index (χ1v) is 9.53. The van der Waals surface area contributed by atoms with E-state index < -0.39 is 0 Å². The van der Waals surface area contributed by atoms with Gasteiger partial charge in [-0.25, -0.2) is 0 Å². The first-order valence-electron chi connectivity index (χ1n) is 7.44. The minimum absolute atomic E-state index is 0.362. The molecule has 1 aliphatic heterocycles. The summed E-state index contributed by atoms with van der Waals surface area (Å²) < 4.78 is 5.82. The molecule has 1 saturated heterocycles. The van der Waals surface area contributed by atoms with Crippen LogP contribution in [-0.2, 0) is 0 Å². The lowest BCUT2D eigenvalue weighted by molar-refractivity contribution is 0.331. The number of hydrogen-bond acceptors (Lipinski definition) is 4. The highest BCUT2D eigenvalue weighted by Crippen LogP contribution is 2.42. The van der Waals surface area contributed by atoms with Gasteiger partial charge in [-0.1, -0.05) is 25.1 Å². The van der Waals surface area contributed by atoms with Crippen molar-refractivity contribution in [2.75, 3.05) is 25.2 Å². The molecule has 1 aliphatic rings. The number of nitrogens with one attached hydrogen (secondary N) is 1. The Morgan fingerprint density at radius 2 is 2.00 bits per heavy atom. The summed E-state index contributed by atoms with van der Waals surface area (Å²) >= 11 is 4.24. The van der Waals surface area contributed by atoms with Crippen LogP contribution in [0.15, 0.2) is 24.3 Å². The fraction of sp³-hybridized carbons (Fsp3) is 0.625. The Morgan fingerprint density at radius 3 is 2.70 bits per heavy atom. The Bertz CT molecular complexity index is 413. The maximum atomic E-state index is 5.82. The lowest BCUT2D eigenvalue weighted by atomic mass is 9.99. The van der Waals surface area contributed by atoms with E-state index in [0.717, 1.165) is 17.6 Å². The fourth-order valence-corrected chi connectivity index (χ4v) is 6.05. The largest absolute Gasteiger partial charge is 0.494 e. The molecule has 20 heavy (non-hydrogen) atoms. The van der Waals surface area contributed by atoms with Crippen molar-refractivity contribution in [1.82, 2.24) is 5.32 Å². The molecule has 112 valence electrons. The van der Waals surface area contributed by atoms with E-state index >= 15 is 0 Å². The van der Waals surface area contributed by atoms with Crippen LogP contribution in [0.1, 0.15) is 31.9 Å². The number of benzene rings is 1. The average molecular weight is 312 g/mol. The number of ether oxygens (including phenoxy) is 1. The molecular formula is C16H25NOS2. The summed E-state index contributed by atoms with van der Waals surface area (Å²) in [5.41, 5.74) is 1.30. The Kier molecular flexibility index (Phi) is 6.59. The van der Waals surface area contributed by atoms with Crippen LogP contribution in [0.3, 0.4) is 0 Å². The van der Waals surface area contributed by atoms with E-state index in [-0.39, 0.29) is 0 Å². The van der Waals surface area contributed by atoms with Gasteiger partial charge in [0.25, 0.3) is 0 Å². The highest BCUT2D eigenvalue weighted by molar-refractivity contribution is 8.07. The zero-order valence-corrected chi connectivity index (χ0v) is 14.2. The molecule has 1 aromatic rings. The molecule has 1 fully saturated rings. The second-order valence-corrected chi connectivity index (χ2v) is 7.52. The van der Waals surface area contributed by atoms with Crippen LogP contribution in [0.5, 0.6) is 5.75 Å². The van der Waals surface area contributed by atoms with Crippen LogP contribution in [-0.4, -0.2) is 35.7 Å². The SMILES string of the molecule is CCOc1ccccc1C(NC)C1SCCSC1CC. The van der Waals surface area contributed by atoms with Gasteiger partial charge in [-0.2, -0.15) is 23.5 Å². The average Bonchev–Trinajstić information content (AvgIpc) is 2.50. The van der Waals surface area contributed by atoms with Crippen molar-refractivity contribution in [3.63, 3.8) is 0 Å². The Balaban J connectivity index is 2.26. The van der Waals surface area contributed by atoms with Gasteiger partial charge in [0.1, 0.15) is 5.75 Å². The predicted octanol–water partition coefficient (Wildman–Crippen LogP) is 3.97. The van der Waals surface area contributed by atoms with E-state index in [1.165, 1.54) is 23.5 Å². The van der Waals surface area contributed by atoms with Crippen LogP contribution in [0, 0.1) is 0 Å². The second-order valence-electron chi connectivity index (χ2n) is 4.89. The van der Waals surface area contributed by atoms with Crippen LogP contribution in [0.4, 0.5) is 0 Å². The first kappa shape index (κ1) is 16.1. The zero-order valence-electron chi connectivity index (χ0n) is 12.6. The van der Waals surface area contributed by atoms with Crippen molar-refractivity contribution in [3.05, 3.63) is 29.8 Å². The number of hydrogen-bond donors (Lipinski definition) is 1.